The van der Waals surface area contributed by atoms with Crippen molar-refractivity contribution in [1.82, 2.24) is 0 Å². The van der Waals surface area contributed by atoms with Crippen LogP contribution in [0.3, 0.4) is 0 Å². The van der Waals surface area contributed by atoms with Crippen molar-refractivity contribution in [3.63, 3.8) is 0 Å². The van der Waals surface area contributed by atoms with E-state index in [9.17, 15) is 0 Å². The summed E-state index contributed by atoms with van der Waals surface area (Å²) in [7, 11) is 0. The monoisotopic (exact) mass is 411 g/mol. The van der Waals surface area contributed by atoms with Gasteiger partial charge in [0.2, 0.25) is 0 Å². The van der Waals surface area contributed by atoms with Crippen LogP contribution in [0.5, 0.6) is 0 Å². The average molecular weight is 412 g/mol. The third-order valence-electron chi connectivity index (χ3n) is 4.50. The minimum absolute atomic E-state index is 1.36. The molecule has 0 heterocycles. The number of aryl methyl sites for hydroxylation is 3. The molecule has 0 unspecified atom stereocenters. The standard InChI is InChI=1S/C21H21P.Pd/c1-16-10-4-7-13-19(16)22(20-14-8-5-11-17(20)2)21-15-9-6-12-18(21)3;/h4-15H,1-3H3;/q;-1/p+1. The fraction of sp³-hybridized carbons (Fsp3) is 0.143. The van der Waals surface area contributed by atoms with Gasteiger partial charge in [-0.15, -0.1) is 0 Å². The molecule has 3 aromatic carbocycles. The van der Waals surface area contributed by atoms with Gasteiger partial charge in [0.1, 0.15) is 0 Å². The van der Waals surface area contributed by atoms with Gasteiger partial charge in [0, 0.05) is 0 Å². The summed E-state index contributed by atoms with van der Waals surface area (Å²) in [6.45, 7) is 6.67. The van der Waals surface area contributed by atoms with Gasteiger partial charge in [-0.25, -0.2) is 0 Å². The van der Waals surface area contributed by atoms with Crippen LogP contribution in [0.1, 0.15) is 16.7 Å². The van der Waals surface area contributed by atoms with E-state index in [1.54, 1.807) is 0 Å². The molecule has 0 bridgehead atoms. The first kappa shape index (κ1) is 16.6. The number of hydrogen-bond acceptors (Lipinski definition) is 0. The minimum atomic E-state index is -2.16. The van der Waals surface area contributed by atoms with Gasteiger partial charge in [0.15, 0.2) is 0 Å². The summed E-state index contributed by atoms with van der Waals surface area (Å²) in [6.07, 6.45) is 0. The van der Waals surface area contributed by atoms with Crippen LogP contribution in [-0.4, -0.2) is 0 Å². The van der Waals surface area contributed by atoms with E-state index in [1.807, 2.05) is 0 Å². The summed E-state index contributed by atoms with van der Waals surface area (Å²) >= 11 is 3.94. The molecule has 0 aliphatic carbocycles. The Morgan fingerprint density at radius 1 is 0.522 bits per heavy atom. The van der Waals surface area contributed by atoms with Gasteiger partial charge >= 0.3 is 150 Å². The Labute approximate surface area is 150 Å². The Morgan fingerprint density at radius 2 is 0.783 bits per heavy atom. The van der Waals surface area contributed by atoms with Crippen LogP contribution < -0.4 is 15.9 Å². The van der Waals surface area contributed by atoms with Gasteiger partial charge in [-0.1, -0.05) is 0 Å². The predicted octanol–water partition coefficient (Wildman–Crippen LogP) is 4.10. The average Bonchev–Trinajstić information content (AvgIpc) is 2.55. The van der Waals surface area contributed by atoms with E-state index >= 15 is 0 Å². The van der Waals surface area contributed by atoms with Crippen LogP contribution in [0.2, 0.25) is 0 Å². The molecule has 2 heteroatoms. The quantitative estimate of drug-likeness (QED) is 0.449. The van der Waals surface area contributed by atoms with Crippen molar-refractivity contribution in [2.24, 2.45) is 0 Å². The van der Waals surface area contributed by atoms with E-state index in [1.165, 1.54) is 32.6 Å². The molecule has 0 fully saturated rings. The van der Waals surface area contributed by atoms with Crippen molar-refractivity contribution in [3.8, 4) is 0 Å². The molecule has 3 aromatic rings. The zero-order chi connectivity index (χ0) is 16.4. The zero-order valence-corrected chi connectivity index (χ0v) is 16.3. The Morgan fingerprint density at radius 3 is 1.04 bits per heavy atom. The molecule has 0 saturated heterocycles. The maximum absolute atomic E-state index is 3.94. The fourth-order valence-corrected chi connectivity index (χ4v) is 10.8. The molecule has 23 heavy (non-hydrogen) atoms. The first-order chi connectivity index (χ1) is 11.0. The van der Waals surface area contributed by atoms with Gasteiger partial charge in [-0.05, 0) is 0 Å². The van der Waals surface area contributed by atoms with Crippen molar-refractivity contribution < 1.29 is 18.7 Å². The van der Waals surface area contributed by atoms with Crippen LogP contribution in [0.15, 0.2) is 72.8 Å². The summed E-state index contributed by atoms with van der Waals surface area (Å²) in [5.74, 6) is 0. The Kier molecular flexibility index (Phi) is 4.84. The normalized spacial score (nSPS) is 12.2. The van der Waals surface area contributed by atoms with E-state index in [2.05, 4.69) is 112 Å². The second kappa shape index (κ2) is 6.70. The zero-order valence-electron chi connectivity index (χ0n) is 13.7. The molecule has 0 N–H and O–H groups in total. The molecule has 121 valence electrons. The predicted molar refractivity (Wildman–Crippen MR) is 101 cm³/mol. The molecule has 3 rings (SSSR count). The molecule has 0 spiro atoms. The first-order valence-electron chi connectivity index (χ1n) is 7.89. The number of rotatable bonds is 3. The van der Waals surface area contributed by atoms with Gasteiger partial charge in [-0.3, -0.25) is 0 Å². The molecule has 0 aliphatic rings. The molecule has 0 radical (unpaired) electrons. The topological polar surface area (TPSA) is 0 Å². The Bertz CT molecular complexity index is 728. The van der Waals surface area contributed by atoms with Gasteiger partial charge < -0.3 is 0 Å². The molecular formula is C21H22PPd. The third-order valence-corrected chi connectivity index (χ3v) is 12.1. The van der Waals surface area contributed by atoms with Crippen molar-refractivity contribution in [1.29, 1.82) is 0 Å². The molecular weight excluding hydrogens is 390 g/mol. The van der Waals surface area contributed by atoms with Crippen molar-refractivity contribution in [2.75, 3.05) is 0 Å². The SMILES string of the molecule is Cc1ccccc1[PH]([Pd])(c1ccccc1C)c1ccccc1C. The van der Waals surface area contributed by atoms with Gasteiger partial charge in [0.05, 0.1) is 0 Å². The van der Waals surface area contributed by atoms with E-state index in [0.717, 1.165) is 0 Å². The first-order valence-corrected chi connectivity index (χ1v) is 12.0. The fourth-order valence-electron chi connectivity index (χ4n) is 3.26. The van der Waals surface area contributed by atoms with Crippen molar-refractivity contribution in [2.45, 2.75) is 20.8 Å². The van der Waals surface area contributed by atoms with Crippen LogP contribution >= 0.6 is 5.45 Å². The Hall–Kier alpha value is -1.25. The van der Waals surface area contributed by atoms with Crippen LogP contribution in [0, 0.1) is 20.8 Å². The van der Waals surface area contributed by atoms with Crippen molar-refractivity contribution in [3.05, 3.63) is 89.5 Å². The molecule has 0 nitrogen and oxygen atoms in total. The van der Waals surface area contributed by atoms with Crippen molar-refractivity contribution >= 4 is 21.4 Å². The summed E-state index contributed by atoms with van der Waals surface area (Å²) in [5, 5.41) is 4.35. The second-order valence-electron chi connectivity index (χ2n) is 6.06. The third kappa shape index (κ3) is 2.95. The van der Waals surface area contributed by atoms with Crippen LogP contribution in [0.4, 0.5) is 0 Å². The molecule has 0 saturated carbocycles. The number of hydrogen-bond donors (Lipinski definition) is 0. The maximum atomic E-state index is 3.94. The van der Waals surface area contributed by atoms with E-state index in [-0.39, 0.29) is 0 Å². The molecule has 0 aliphatic heterocycles. The number of benzene rings is 3. The molecule has 0 aromatic heterocycles. The summed E-state index contributed by atoms with van der Waals surface area (Å²) in [5.41, 5.74) is 1.92. The summed E-state index contributed by atoms with van der Waals surface area (Å²) in [6, 6.07) is 26.4. The van der Waals surface area contributed by atoms with Gasteiger partial charge in [0.25, 0.3) is 0 Å². The summed E-state index contributed by atoms with van der Waals surface area (Å²) < 4.78 is 0. The van der Waals surface area contributed by atoms with Gasteiger partial charge in [-0.2, -0.15) is 0 Å². The van der Waals surface area contributed by atoms with E-state index < -0.39 is 5.45 Å². The van der Waals surface area contributed by atoms with E-state index in [0.29, 0.717) is 0 Å². The van der Waals surface area contributed by atoms with Crippen LogP contribution in [-0.2, 0) is 18.7 Å². The molecule has 0 atom stereocenters. The van der Waals surface area contributed by atoms with E-state index in [4.69, 9.17) is 0 Å². The Balaban J connectivity index is 2.38. The summed E-state index contributed by atoms with van der Waals surface area (Å²) in [4.78, 5) is 0. The second-order valence-corrected chi connectivity index (χ2v) is 12.4. The molecule has 0 amide bonds. The van der Waals surface area contributed by atoms with Crippen LogP contribution in [0.25, 0.3) is 0 Å².